The Labute approximate surface area is 107 Å². The zero-order valence-corrected chi connectivity index (χ0v) is 10.6. The van der Waals surface area contributed by atoms with Gasteiger partial charge in [0.25, 0.3) is 0 Å². The molecule has 0 amide bonds. The number of carboxylic acids is 1. The van der Waals surface area contributed by atoms with Crippen molar-refractivity contribution in [2.75, 3.05) is 18.5 Å². The van der Waals surface area contributed by atoms with Crippen molar-refractivity contribution in [2.45, 2.75) is 26.2 Å². The molecule has 4 heteroatoms. The first-order chi connectivity index (χ1) is 8.56. The topological polar surface area (TPSA) is 69.6 Å². The van der Waals surface area contributed by atoms with Gasteiger partial charge in [0.15, 0.2) is 0 Å². The largest absolute Gasteiger partial charge is 0.478 e. The van der Waals surface area contributed by atoms with Crippen LogP contribution in [0.3, 0.4) is 0 Å². The molecule has 0 bridgehead atoms. The second-order valence-corrected chi connectivity index (χ2v) is 5.18. The van der Waals surface area contributed by atoms with Crippen molar-refractivity contribution in [1.82, 2.24) is 0 Å². The number of rotatable bonds is 6. The quantitative estimate of drug-likeness (QED) is 0.723. The van der Waals surface area contributed by atoms with Crippen LogP contribution in [0.5, 0.6) is 0 Å². The average Bonchev–Trinajstić information content (AvgIpc) is 3.07. The van der Waals surface area contributed by atoms with Crippen LogP contribution >= 0.6 is 0 Å². The van der Waals surface area contributed by atoms with E-state index < -0.39 is 5.97 Å². The maximum absolute atomic E-state index is 11.1. The molecule has 0 aliphatic heterocycles. The van der Waals surface area contributed by atoms with E-state index in [1.165, 1.54) is 0 Å². The highest BCUT2D eigenvalue weighted by Gasteiger charge is 2.41. The highest BCUT2D eigenvalue weighted by atomic mass is 16.4. The van der Waals surface area contributed by atoms with E-state index >= 15 is 0 Å². The minimum absolute atomic E-state index is 0.175. The lowest BCUT2D eigenvalue weighted by molar-refractivity contribution is 0.0698. The molecule has 0 spiro atoms. The van der Waals surface area contributed by atoms with Crippen molar-refractivity contribution >= 4 is 11.7 Å². The number of carbonyl (C=O) groups is 1. The predicted molar refractivity (Wildman–Crippen MR) is 70.0 cm³/mol. The van der Waals surface area contributed by atoms with E-state index in [1.54, 1.807) is 12.1 Å². The number of hydrogen-bond acceptors (Lipinski definition) is 3. The third-order valence-corrected chi connectivity index (χ3v) is 3.66. The molecule has 2 rings (SSSR count). The first-order valence-electron chi connectivity index (χ1n) is 6.25. The Morgan fingerprint density at radius 3 is 2.72 bits per heavy atom. The molecule has 4 nitrogen and oxygen atoms in total. The molecule has 0 atom stereocenters. The van der Waals surface area contributed by atoms with Crippen LogP contribution in [0.2, 0.25) is 0 Å². The van der Waals surface area contributed by atoms with Crippen LogP contribution in [0.1, 0.15) is 35.2 Å². The summed E-state index contributed by atoms with van der Waals surface area (Å²) in [5.74, 6) is -0.912. The Balaban J connectivity index is 2.08. The molecule has 1 aliphatic carbocycles. The van der Waals surface area contributed by atoms with Gasteiger partial charge in [0.05, 0.1) is 5.56 Å². The summed E-state index contributed by atoms with van der Waals surface area (Å²) in [6.07, 6.45) is 3.00. The number of nitrogens with one attached hydrogen (secondary N) is 1. The predicted octanol–water partition coefficient (Wildman–Crippen LogP) is 2.27. The fraction of sp³-hybridized carbons (Fsp3) is 0.500. The fourth-order valence-corrected chi connectivity index (χ4v) is 2.20. The number of aliphatic hydroxyl groups excluding tert-OH is 1. The van der Waals surface area contributed by atoms with Gasteiger partial charge in [-0.15, -0.1) is 0 Å². The van der Waals surface area contributed by atoms with Gasteiger partial charge >= 0.3 is 5.97 Å². The first-order valence-corrected chi connectivity index (χ1v) is 6.25. The lowest BCUT2D eigenvalue weighted by Crippen LogP contribution is -2.18. The second kappa shape index (κ2) is 4.98. The molecule has 1 fully saturated rings. The minimum Gasteiger partial charge on any atom is -0.478 e. The zero-order chi connectivity index (χ0) is 13.2. The molecule has 1 aromatic carbocycles. The summed E-state index contributed by atoms with van der Waals surface area (Å²) in [7, 11) is 0. The van der Waals surface area contributed by atoms with Gasteiger partial charge in [-0.25, -0.2) is 4.79 Å². The number of aryl methyl sites for hydroxylation is 1. The second-order valence-electron chi connectivity index (χ2n) is 5.18. The molecule has 3 N–H and O–H groups in total. The summed E-state index contributed by atoms with van der Waals surface area (Å²) in [6.45, 7) is 2.87. The van der Waals surface area contributed by atoms with E-state index in [-0.39, 0.29) is 12.0 Å². The average molecular weight is 249 g/mol. The third kappa shape index (κ3) is 2.82. The van der Waals surface area contributed by atoms with E-state index in [9.17, 15) is 4.79 Å². The van der Waals surface area contributed by atoms with E-state index in [0.717, 1.165) is 31.4 Å². The summed E-state index contributed by atoms with van der Waals surface area (Å²) in [5, 5.41) is 21.4. The number of hydrogen-bond donors (Lipinski definition) is 3. The Morgan fingerprint density at radius 2 is 2.17 bits per heavy atom. The Morgan fingerprint density at radius 1 is 1.44 bits per heavy atom. The van der Waals surface area contributed by atoms with Crippen LogP contribution in [-0.2, 0) is 0 Å². The van der Waals surface area contributed by atoms with Gasteiger partial charge in [0.1, 0.15) is 0 Å². The standard InChI is InChI=1S/C14H19NO3/c1-10-2-3-11(13(17)18)12(8-10)15-9-14(4-5-14)6-7-16/h2-3,8,15-16H,4-7,9H2,1H3,(H,17,18). The molecule has 18 heavy (non-hydrogen) atoms. The van der Waals surface area contributed by atoms with E-state index in [2.05, 4.69) is 5.32 Å². The Hall–Kier alpha value is -1.55. The molecule has 0 saturated heterocycles. The van der Waals surface area contributed by atoms with Crippen LogP contribution in [0.15, 0.2) is 18.2 Å². The van der Waals surface area contributed by atoms with Gasteiger partial charge < -0.3 is 15.5 Å². The summed E-state index contributed by atoms with van der Waals surface area (Å²) >= 11 is 0. The van der Waals surface area contributed by atoms with Crippen LogP contribution in [0, 0.1) is 12.3 Å². The van der Waals surface area contributed by atoms with E-state index in [4.69, 9.17) is 10.2 Å². The van der Waals surface area contributed by atoms with Crippen molar-refractivity contribution in [3.8, 4) is 0 Å². The summed E-state index contributed by atoms with van der Waals surface area (Å²) in [5.41, 5.74) is 2.19. The normalized spacial score (nSPS) is 16.3. The summed E-state index contributed by atoms with van der Waals surface area (Å²) in [6, 6.07) is 5.29. The van der Waals surface area contributed by atoms with Crippen molar-refractivity contribution in [1.29, 1.82) is 0 Å². The monoisotopic (exact) mass is 249 g/mol. The van der Waals surface area contributed by atoms with Crippen molar-refractivity contribution in [3.63, 3.8) is 0 Å². The Kier molecular flexibility index (Phi) is 3.57. The molecule has 1 saturated carbocycles. The van der Waals surface area contributed by atoms with E-state index in [1.807, 2.05) is 13.0 Å². The lowest BCUT2D eigenvalue weighted by Gasteiger charge is -2.17. The highest BCUT2D eigenvalue weighted by molar-refractivity contribution is 5.94. The maximum Gasteiger partial charge on any atom is 0.337 e. The number of anilines is 1. The molecule has 0 radical (unpaired) electrons. The van der Waals surface area contributed by atoms with Crippen LogP contribution < -0.4 is 5.32 Å². The molecular weight excluding hydrogens is 230 g/mol. The lowest BCUT2D eigenvalue weighted by atomic mass is 10.0. The molecule has 0 heterocycles. The molecule has 0 aromatic heterocycles. The highest BCUT2D eigenvalue weighted by Crippen LogP contribution is 2.48. The third-order valence-electron chi connectivity index (χ3n) is 3.66. The van der Waals surface area contributed by atoms with Crippen LogP contribution in [0.25, 0.3) is 0 Å². The summed E-state index contributed by atoms with van der Waals surface area (Å²) < 4.78 is 0. The number of benzene rings is 1. The van der Waals surface area contributed by atoms with Gasteiger partial charge in [-0.05, 0) is 49.3 Å². The van der Waals surface area contributed by atoms with Crippen LogP contribution in [0.4, 0.5) is 5.69 Å². The zero-order valence-electron chi connectivity index (χ0n) is 10.6. The first kappa shape index (κ1) is 12.9. The molecule has 0 unspecified atom stereocenters. The fourth-order valence-electron chi connectivity index (χ4n) is 2.20. The van der Waals surface area contributed by atoms with Gasteiger partial charge in [-0.1, -0.05) is 6.07 Å². The number of aromatic carboxylic acids is 1. The van der Waals surface area contributed by atoms with Crippen LogP contribution in [-0.4, -0.2) is 29.3 Å². The smallest absolute Gasteiger partial charge is 0.337 e. The van der Waals surface area contributed by atoms with Gasteiger partial charge in [0.2, 0.25) is 0 Å². The van der Waals surface area contributed by atoms with E-state index in [0.29, 0.717) is 11.3 Å². The molecule has 1 aliphatic rings. The van der Waals surface area contributed by atoms with Crippen molar-refractivity contribution in [3.05, 3.63) is 29.3 Å². The molecular formula is C14H19NO3. The van der Waals surface area contributed by atoms with Gasteiger partial charge in [-0.3, -0.25) is 0 Å². The SMILES string of the molecule is Cc1ccc(C(=O)O)c(NCC2(CCO)CC2)c1. The number of carboxylic acid groups (broad SMARTS) is 1. The number of aliphatic hydroxyl groups is 1. The summed E-state index contributed by atoms with van der Waals surface area (Å²) in [4.78, 5) is 11.1. The van der Waals surface area contributed by atoms with Crippen molar-refractivity contribution < 1.29 is 15.0 Å². The van der Waals surface area contributed by atoms with Gasteiger partial charge in [-0.2, -0.15) is 0 Å². The Bertz CT molecular complexity index is 452. The molecule has 98 valence electrons. The maximum atomic E-state index is 11.1. The van der Waals surface area contributed by atoms with Crippen molar-refractivity contribution in [2.24, 2.45) is 5.41 Å². The minimum atomic E-state index is -0.912. The van der Waals surface area contributed by atoms with Gasteiger partial charge in [0, 0.05) is 18.8 Å². The molecule has 1 aromatic rings.